The monoisotopic (exact) mass is 245 g/mol. The molecular formula is C13H15N3O2. The van der Waals surface area contributed by atoms with Crippen LogP contribution in [0.4, 0.5) is 0 Å². The van der Waals surface area contributed by atoms with Crippen molar-refractivity contribution in [1.82, 2.24) is 14.3 Å². The zero-order valence-electron chi connectivity index (χ0n) is 10.2. The zero-order chi connectivity index (χ0) is 12.6. The molecule has 0 aliphatic carbocycles. The number of nitrogens with zero attached hydrogens (tertiary/aromatic N) is 3. The Labute approximate surface area is 105 Å². The molecule has 3 rings (SSSR count). The first-order chi connectivity index (χ1) is 8.68. The molecule has 0 aromatic carbocycles. The summed E-state index contributed by atoms with van der Waals surface area (Å²) >= 11 is 0. The number of rotatable bonds is 3. The lowest BCUT2D eigenvalue weighted by molar-refractivity contribution is -0.112. The topological polar surface area (TPSA) is 49.0 Å². The molecule has 1 fully saturated rings. The van der Waals surface area contributed by atoms with Crippen molar-refractivity contribution in [3.8, 4) is 5.82 Å². The predicted octanol–water partition coefficient (Wildman–Crippen LogP) is 1.07. The molecule has 0 amide bonds. The van der Waals surface area contributed by atoms with E-state index in [1.165, 1.54) is 0 Å². The third-order valence-corrected chi connectivity index (χ3v) is 3.19. The highest BCUT2D eigenvalue weighted by Crippen LogP contribution is 2.28. The smallest absolute Gasteiger partial charge is 0.267 e. The molecule has 1 saturated heterocycles. The van der Waals surface area contributed by atoms with Gasteiger partial charge in [-0.15, -0.1) is 0 Å². The first-order valence-corrected chi connectivity index (χ1v) is 5.96. The number of ether oxygens (including phenoxy) is 1. The molecule has 2 aromatic rings. The van der Waals surface area contributed by atoms with Gasteiger partial charge in [0.1, 0.15) is 0 Å². The molecule has 0 atom stereocenters. The lowest BCUT2D eigenvalue weighted by Gasteiger charge is -2.38. The summed E-state index contributed by atoms with van der Waals surface area (Å²) < 4.78 is 8.74. The number of hydrogen-bond acceptors (Lipinski definition) is 3. The Bertz CT molecular complexity index is 596. The van der Waals surface area contributed by atoms with E-state index in [9.17, 15) is 4.79 Å². The van der Waals surface area contributed by atoms with Gasteiger partial charge in [0, 0.05) is 23.9 Å². The van der Waals surface area contributed by atoms with E-state index in [1.807, 2.05) is 18.2 Å². The van der Waals surface area contributed by atoms with E-state index in [-0.39, 0.29) is 11.0 Å². The molecule has 0 saturated carbocycles. The summed E-state index contributed by atoms with van der Waals surface area (Å²) in [5.41, 5.74) is 0.0445. The third-order valence-electron chi connectivity index (χ3n) is 3.19. The number of aromatic nitrogens is 3. The number of pyridine rings is 1. The van der Waals surface area contributed by atoms with Gasteiger partial charge in [-0.05, 0) is 12.1 Å². The van der Waals surface area contributed by atoms with E-state index in [0.29, 0.717) is 19.8 Å². The minimum absolute atomic E-state index is 0.00576. The molecule has 0 bridgehead atoms. The van der Waals surface area contributed by atoms with Crippen LogP contribution in [0, 0.1) is 5.41 Å². The Kier molecular flexibility index (Phi) is 2.56. The van der Waals surface area contributed by atoms with E-state index in [2.05, 4.69) is 11.9 Å². The second-order valence-electron chi connectivity index (χ2n) is 5.05. The largest absolute Gasteiger partial charge is 0.380 e. The molecule has 0 radical (unpaired) electrons. The van der Waals surface area contributed by atoms with Gasteiger partial charge >= 0.3 is 0 Å². The molecule has 18 heavy (non-hydrogen) atoms. The van der Waals surface area contributed by atoms with Crippen LogP contribution in [0.15, 0.2) is 41.5 Å². The second kappa shape index (κ2) is 4.10. The summed E-state index contributed by atoms with van der Waals surface area (Å²) in [7, 11) is 0. The van der Waals surface area contributed by atoms with Crippen molar-refractivity contribution in [3.63, 3.8) is 0 Å². The summed E-state index contributed by atoms with van der Waals surface area (Å²) in [4.78, 5) is 16.2. The van der Waals surface area contributed by atoms with Crippen LogP contribution in [-0.4, -0.2) is 27.6 Å². The molecule has 0 unspecified atom stereocenters. The SMILES string of the molecule is CC1(Cn2c(=O)ccn2-c2ccccn2)COC1. The summed E-state index contributed by atoms with van der Waals surface area (Å²) in [6.45, 7) is 4.17. The molecule has 0 N–H and O–H groups in total. The molecule has 3 heterocycles. The molecule has 5 heteroatoms. The fourth-order valence-corrected chi connectivity index (χ4v) is 2.15. The first kappa shape index (κ1) is 11.2. The van der Waals surface area contributed by atoms with Gasteiger partial charge in [0.05, 0.1) is 19.8 Å². The van der Waals surface area contributed by atoms with Crippen LogP contribution < -0.4 is 5.56 Å². The normalized spacial score (nSPS) is 17.4. The van der Waals surface area contributed by atoms with Crippen LogP contribution in [0.1, 0.15) is 6.92 Å². The average Bonchev–Trinajstić information content (AvgIpc) is 2.70. The fourth-order valence-electron chi connectivity index (χ4n) is 2.15. The highest BCUT2D eigenvalue weighted by Gasteiger charge is 2.34. The highest BCUT2D eigenvalue weighted by atomic mass is 16.5. The highest BCUT2D eigenvalue weighted by molar-refractivity contribution is 5.20. The lowest BCUT2D eigenvalue weighted by Crippen LogP contribution is -2.45. The summed E-state index contributed by atoms with van der Waals surface area (Å²) in [5, 5.41) is 0. The fraction of sp³-hybridized carbons (Fsp3) is 0.385. The maximum atomic E-state index is 11.9. The molecule has 1 aliphatic rings. The van der Waals surface area contributed by atoms with Crippen LogP contribution in [0.25, 0.3) is 5.82 Å². The van der Waals surface area contributed by atoms with Crippen LogP contribution in [0.3, 0.4) is 0 Å². The van der Waals surface area contributed by atoms with Crippen molar-refractivity contribution >= 4 is 0 Å². The summed E-state index contributed by atoms with van der Waals surface area (Å²) in [6, 6.07) is 7.22. The molecule has 2 aromatic heterocycles. The van der Waals surface area contributed by atoms with Crippen molar-refractivity contribution in [2.45, 2.75) is 13.5 Å². The standard InChI is InChI=1S/C13H15N3O2/c1-13(9-18-10-13)8-16-12(17)5-7-15(16)11-4-2-3-6-14-11/h2-7H,8-10H2,1H3. The van der Waals surface area contributed by atoms with Gasteiger partial charge in [-0.25, -0.2) is 14.3 Å². The van der Waals surface area contributed by atoms with Crippen LogP contribution in [-0.2, 0) is 11.3 Å². The molecule has 5 nitrogen and oxygen atoms in total. The Morgan fingerprint density at radius 2 is 2.22 bits per heavy atom. The van der Waals surface area contributed by atoms with Gasteiger partial charge in [-0.2, -0.15) is 0 Å². The van der Waals surface area contributed by atoms with E-state index in [1.54, 1.807) is 27.8 Å². The van der Waals surface area contributed by atoms with Crippen molar-refractivity contribution in [2.75, 3.05) is 13.2 Å². The van der Waals surface area contributed by atoms with Gasteiger partial charge in [-0.3, -0.25) is 4.79 Å². The molecular weight excluding hydrogens is 230 g/mol. The maximum absolute atomic E-state index is 11.9. The van der Waals surface area contributed by atoms with Crippen molar-refractivity contribution < 1.29 is 4.74 Å². The Morgan fingerprint density at radius 3 is 2.83 bits per heavy atom. The van der Waals surface area contributed by atoms with Crippen LogP contribution in [0.2, 0.25) is 0 Å². The molecule has 1 aliphatic heterocycles. The Balaban J connectivity index is 1.99. The van der Waals surface area contributed by atoms with Gasteiger partial charge in [0.25, 0.3) is 5.56 Å². The van der Waals surface area contributed by atoms with Crippen molar-refractivity contribution in [1.29, 1.82) is 0 Å². The van der Waals surface area contributed by atoms with E-state index in [0.717, 1.165) is 5.82 Å². The van der Waals surface area contributed by atoms with Crippen LogP contribution >= 0.6 is 0 Å². The van der Waals surface area contributed by atoms with E-state index < -0.39 is 0 Å². The molecule has 94 valence electrons. The van der Waals surface area contributed by atoms with Crippen molar-refractivity contribution in [2.24, 2.45) is 5.41 Å². The van der Waals surface area contributed by atoms with Gasteiger partial charge in [0.2, 0.25) is 0 Å². The summed E-state index contributed by atoms with van der Waals surface area (Å²) in [6.07, 6.45) is 3.48. The van der Waals surface area contributed by atoms with E-state index in [4.69, 9.17) is 4.74 Å². The average molecular weight is 245 g/mol. The quantitative estimate of drug-likeness (QED) is 0.812. The van der Waals surface area contributed by atoms with Gasteiger partial charge < -0.3 is 4.74 Å². The Hall–Kier alpha value is -1.88. The first-order valence-electron chi connectivity index (χ1n) is 5.96. The van der Waals surface area contributed by atoms with E-state index >= 15 is 0 Å². The van der Waals surface area contributed by atoms with Gasteiger partial charge in [-0.1, -0.05) is 13.0 Å². The number of hydrogen-bond donors (Lipinski definition) is 0. The Morgan fingerprint density at radius 1 is 1.39 bits per heavy atom. The van der Waals surface area contributed by atoms with Gasteiger partial charge in [0.15, 0.2) is 5.82 Å². The zero-order valence-corrected chi connectivity index (χ0v) is 10.2. The minimum atomic E-state index is -0.00576. The third kappa shape index (κ3) is 1.86. The molecule has 0 spiro atoms. The van der Waals surface area contributed by atoms with Crippen molar-refractivity contribution in [3.05, 3.63) is 47.0 Å². The van der Waals surface area contributed by atoms with Crippen LogP contribution in [0.5, 0.6) is 0 Å². The lowest BCUT2D eigenvalue weighted by atomic mass is 9.89. The minimum Gasteiger partial charge on any atom is -0.380 e. The predicted molar refractivity (Wildman–Crippen MR) is 66.8 cm³/mol. The maximum Gasteiger partial charge on any atom is 0.267 e. The summed E-state index contributed by atoms with van der Waals surface area (Å²) in [5.74, 6) is 0.753. The second-order valence-corrected chi connectivity index (χ2v) is 5.05.